The Labute approximate surface area is 126 Å². The zero-order valence-corrected chi connectivity index (χ0v) is 12.8. The van der Waals surface area contributed by atoms with Crippen LogP contribution >= 0.6 is 0 Å². The standard InChI is InChI=1S/C17H25NO3/c1-12(19)14-8-10-16(11-9-14)21-13(2)17(20)18-15-6-4-3-5-7-15/h8-13,15,19H,3-7H2,1-2H3,(H,18,20)/t12-,13?/m1/s1. The highest BCUT2D eigenvalue weighted by molar-refractivity contribution is 5.81. The summed E-state index contributed by atoms with van der Waals surface area (Å²) in [6.07, 6.45) is 4.80. The van der Waals surface area contributed by atoms with Gasteiger partial charge in [-0.15, -0.1) is 0 Å². The van der Waals surface area contributed by atoms with Crippen molar-refractivity contribution in [3.63, 3.8) is 0 Å². The van der Waals surface area contributed by atoms with Gasteiger partial charge < -0.3 is 15.2 Å². The summed E-state index contributed by atoms with van der Waals surface area (Å²) in [7, 11) is 0. The first-order valence-corrected chi connectivity index (χ1v) is 7.81. The van der Waals surface area contributed by atoms with Crippen LogP contribution in [0.1, 0.15) is 57.6 Å². The largest absolute Gasteiger partial charge is 0.481 e. The van der Waals surface area contributed by atoms with E-state index in [1.54, 1.807) is 26.0 Å². The predicted octanol–water partition coefficient (Wildman–Crippen LogP) is 2.96. The zero-order valence-electron chi connectivity index (χ0n) is 12.8. The number of hydrogen-bond acceptors (Lipinski definition) is 3. The molecule has 0 saturated heterocycles. The Morgan fingerprint density at radius 2 is 1.81 bits per heavy atom. The molecular formula is C17H25NO3. The molecule has 1 unspecified atom stereocenters. The van der Waals surface area contributed by atoms with E-state index in [9.17, 15) is 9.90 Å². The molecule has 1 aromatic carbocycles. The molecule has 116 valence electrons. The molecular weight excluding hydrogens is 266 g/mol. The lowest BCUT2D eigenvalue weighted by Crippen LogP contribution is -2.43. The van der Waals surface area contributed by atoms with Crippen molar-refractivity contribution < 1.29 is 14.6 Å². The number of carbonyl (C=O) groups is 1. The summed E-state index contributed by atoms with van der Waals surface area (Å²) < 4.78 is 5.66. The third-order valence-corrected chi connectivity index (χ3v) is 4.00. The second-order valence-corrected chi connectivity index (χ2v) is 5.85. The van der Waals surface area contributed by atoms with Gasteiger partial charge in [-0.25, -0.2) is 0 Å². The number of hydrogen-bond donors (Lipinski definition) is 2. The third-order valence-electron chi connectivity index (χ3n) is 4.00. The van der Waals surface area contributed by atoms with E-state index in [-0.39, 0.29) is 5.91 Å². The number of nitrogens with one attached hydrogen (secondary N) is 1. The van der Waals surface area contributed by atoms with Crippen molar-refractivity contribution in [2.75, 3.05) is 0 Å². The molecule has 1 aliphatic carbocycles. The summed E-state index contributed by atoms with van der Waals surface area (Å²) in [5.41, 5.74) is 0.835. The molecule has 0 heterocycles. The van der Waals surface area contributed by atoms with E-state index in [2.05, 4.69) is 5.32 Å². The Kier molecular flexibility index (Phi) is 5.62. The maximum absolute atomic E-state index is 12.1. The number of aliphatic hydroxyl groups excluding tert-OH is 1. The minimum absolute atomic E-state index is 0.0542. The highest BCUT2D eigenvalue weighted by atomic mass is 16.5. The second kappa shape index (κ2) is 7.46. The van der Waals surface area contributed by atoms with Crippen LogP contribution in [0.4, 0.5) is 0 Å². The molecule has 21 heavy (non-hydrogen) atoms. The number of rotatable bonds is 5. The molecule has 1 aliphatic rings. The van der Waals surface area contributed by atoms with Crippen LogP contribution in [0, 0.1) is 0 Å². The Bertz CT molecular complexity index is 450. The Balaban J connectivity index is 1.84. The molecule has 2 N–H and O–H groups in total. The summed E-state index contributed by atoms with van der Waals surface area (Å²) in [6.45, 7) is 3.48. The molecule has 0 spiro atoms. The fourth-order valence-corrected chi connectivity index (χ4v) is 2.65. The molecule has 0 bridgehead atoms. The van der Waals surface area contributed by atoms with Crippen LogP contribution in [0.25, 0.3) is 0 Å². The zero-order chi connectivity index (χ0) is 15.2. The molecule has 0 aromatic heterocycles. The van der Waals surface area contributed by atoms with Crippen LogP contribution in [0.5, 0.6) is 5.75 Å². The topological polar surface area (TPSA) is 58.6 Å². The predicted molar refractivity (Wildman–Crippen MR) is 82.2 cm³/mol. The average molecular weight is 291 g/mol. The van der Waals surface area contributed by atoms with Crippen molar-refractivity contribution in [2.24, 2.45) is 0 Å². The smallest absolute Gasteiger partial charge is 0.260 e. The lowest BCUT2D eigenvalue weighted by Gasteiger charge is -2.24. The number of ether oxygens (including phenoxy) is 1. The summed E-state index contributed by atoms with van der Waals surface area (Å²) in [5.74, 6) is 0.590. The molecule has 0 radical (unpaired) electrons. The van der Waals surface area contributed by atoms with Crippen molar-refractivity contribution in [3.05, 3.63) is 29.8 Å². The molecule has 1 amide bonds. The van der Waals surface area contributed by atoms with Gasteiger partial charge in [0.15, 0.2) is 6.10 Å². The number of benzene rings is 1. The van der Waals surface area contributed by atoms with Gasteiger partial charge in [-0.05, 0) is 44.4 Å². The number of aliphatic hydroxyl groups is 1. The van der Waals surface area contributed by atoms with Gasteiger partial charge in [-0.2, -0.15) is 0 Å². The Morgan fingerprint density at radius 1 is 1.19 bits per heavy atom. The Morgan fingerprint density at radius 3 is 2.38 bits per heavy atom. The van der Waals surface area contributed by atoms with Crippen LogP contribution in [0.3, 0.4) is 0 Å². The van der Waals surface area contributed by atoms with Gasteiger partial charge in [0.25, 0.3) is 5.91 Å². The van der Waals surface area contributed by atoms with E-state index < -0.39 is 12.2 Å². The van der Waals surface area contributed by atoms with Crippen LogP contribution in [-0.2, 0) is 4.79 Å². The van der Waals surface area contributed by atoms with Gasteiger partial charge in [0.1, 0.15) is 5.75 Å². The maximum atomic E-state index is 12.1. The molecule has 4 nitrogen and oxygen atoms in total. The summed E-state index contributed by atoms with van der Waals surface area (Å²) >= 11 is 0. The van der Waals surface area contributed by atoms with Crippen molar-refractivity contribution in [2.45, 2.75) is 64.2 Å². The summed E-state index contributed by atoms with van der Waals surface area (Å²) in [4.78, 5) is 12.1. The van der Waals surface area contributed by atoms with E-state index in [0.29, 0.717) is 11.8 Å². The van der Waals surface area contributed by atoms with Gasteiger partial charge in [0, 0.05) is 6.04 Å². The van der Waals surface area contributed by atoms with Crippen molar-refractivity contribution in [1.29, 1.82) is 0 Å². The first kappa shape index (κ1) is 15.8. The maximum Gasteiger partial charge on any atom is 0.260 e. The average Bonchev–Trinajstić information content (AvgIpc) is 2.48. The molecule has 1 aromatic rings. The van der Waals surface area contributed by atoms with E-state index in [0.717, 1.165) is 18.4 Å². The van der Waals surface area contributed by atoms with Crippen LogP contribution in [0.2, 0.25) is 0 Å². The molecule has 0 aliphatic heterocycles. The highest BCUT2D eigenvalue weighted by Crippen LogP contribution is 2.19. The van der Waals surface area contributed by atoms with E-state index in [1.165, 1.54) is 19.3 Å². The van der Waals surface area contributed by atoms with E-state index in [1.807, 2.05) is 12.1 Å². The van der Waals surface area contributed by atoms with E-state index in [4.69, 9.17) is 4.74 Å². The van der Waals surface area contributed by atoms with Gasteiger partial charge in [0.2, 0.25) is 0 Å². The van der Waals surface area contributed by atoms with Crippen molar-refractivity contribution >= 4 is 5.91 Å². The Hall–Kier alpha value is -1.55. The molecule has 1 saturated carbocycles. The van der Waals surface area contributed by atoms with Crippen molar-refractivity contribution in [1.82, 2.24) is 5.32 Å². The highest BCUT2D eigenvalue weighted by Gasteiger charge is 2.20. The fraction of sp³-hybridized carbons (Fsp3) is 0.588. The first-order chi connectivity index (χ1) is 10.1. The lowest BCUT2D eigenvalue weighted by atomic mass is 9.95. The number of amides is 1. The normalized spacial score (nSPS) is 18.8. The second-order valence-electron chi connectivity index (χ2n) is 5.85. The monoisotopic (exact) mass is 291 g/mol. The minimum Gasteiger partial charge on any atom is -0.481 e. The van der Waals surface area contributed by atoms with Gasteiger partial charge in [0.05, 0.1) is 6.10 Å². The molecule has 2 rings (SSSR count). The minimum atomic E-state index is -0.510. The first-order valence-electron chi connectivity index (χ1n) is 7.81. The van der Waals surface area contributed by atoms with Gasteiger partial charge in [-0.3, -0.25) is 4.79 Å². The summed E-state index contributed by atoms with van der Waals surface area (Å²) in [5, 5.41) is 12.5. The molecule has 4 heteroatoms. The third kappa shape index (κ3) is 4.74. The van der Waals surface area contributed by atoms with Gasteiger partial charge >= 0.3 is 0 Å². The van der Waals surface area contributed by atoms with Crippen LogP contribution in [0.15, 0.2) is 24.3 Å². The quantitative estimate of drug-likeness (QED) is 0.877. The van der Waals surface area contributed by atoms with Gasteiger partial charge in [-0.1, -0.05) is 31.4 Å². The van der Waals surface area contributed by atoms with Crippen LogP contribution < -0.4 is 10.1 Å². The number of carbonyl (C=O) groups excluding carboxylic acids is 1. The lowest BCUT2D eigenvalue weighted by molar-refractivity contribution is -0.128. The molecule has 2 atom stereocenters. The SMILES string of the molecule is CC(Oc1ccc([C@@H](C)O)cc1)C(=O)NC1CCCCC1. The summed E-state index contributed by atoms with van der Waals surface area (Å²) in [6, 6.07) is 7.49. The fourth-order valence-electron chi connectivity index (χ4n) is 2.65. The van der Waals surface area contributed by atoms with E-state index >= 15 is 0 Å². The van der Waals surface area contributed by atoms with Crippen molar-refractivity contribution in [3.8, 4) is 5.75 Å². The van der Waals surface area contributed by atoms with Crippen LogP contribution in [-0.4, -0.2) is 23.2 Å². The molecule has 1 fully saturated rings.